The maximum Gasteiger partial charge on any atom is 0.213 e. The van der Waals surface area contributed by atoms with Gasteiger partial charge in [0.25, 0.3) is 0 Å². The molecule has 0 saturated carbocycles. The van der Waals surface area contributed by atoms with Crippen LogP contribution in [-0.2, 0) is 6.42 Å². The van der Waals surface area contributed by atoms with Crippen LogP contribution in [0.1, 0.15) is 53.9 Å². The molecule has 1 N–H and O–H groups in total. The topological polar surface area (TPSA) is 75.4 Å². The first-order valence-electron chi connectivity index (χ1n) is 9.83. The molecule has 3 rings (SSSR count). The van der Waals surface area contributed by atoms with Crippen molar-refractivity contribution in [2.75, 3.05) is 25.7 Å². The monoisotopic (exact) mass is 434 g/mol. The lowest BCUT2D eigenvalue weighted by molar-refractivity contribution is 0.249. The summed E-state index contributed by atoms with van der Waals surface area (Å²) in [6, 6.07) is 7.99. The smallest absolute Gasteiger partial charge is 0.213 e. The van der Waals surface area contributed by atoms with Gasteiger partial charge in [0, 0.05) is 24.8 Å². The molecule has 1 atom stereocenters. The van der Waals surface area contributed by atoms with E-state index in [1.807, 2.05) is 24.4 Å². The number of rotatable bonds is 9. The van der Waals surface area contributed by atoms with Crippen LogP contribution in [0, 0.1) is 11.3 Å². The van der Waals surface area contributed by atoms with Gasteiger partial charge < -0.3 is 14.6 Å². The number of nitriles is 1. The minimum absolute atomic E-state index is 0.126. The number of hydrogen-bond acceptors (Lipinski definition) is 5. The van der Waals surface area contributed by atoms with Gasteiger partial charge >= 0.3 is 0 Å². The van der Waals surface area contributed by atoms with E-state index in [0.29, 0.717) is 41.3 Å². The van der Waals surface area contributed by atoms with Crippen LogP contribution in [-0.4, -0.2) is 35.8 Å². The molecule has 0 aliphatic heterocycles. The fourth-order valence-electron chi connectivity index (χ4n) is 3.68. The molecule has 0 spiro atoms. The summed E-state index contributed by atoms with van der Waals surface area (Å²) in [6.07, 6.45) is 6.16. The van der Waals surface area contributed by atoms with Gasteiger partial charge in [0.05, 0.1) is 23.1 Å². The summed E-state index contributed by atoms with van der Waals surface area (Å²) in [5.41, 5.74) is 3.61. The Bertz CT molecular complexity index is 866. The summed E-state index contributed by atoms with van der Waals surface area (Å²) in [7, 11) is 0. The number of nitrogens with zero attached hydrogens (tertiary/aromatic N) is 2. The molecule has 7 heteroatoms. The molecule has 1 heterocycles. The van der Waals surface area contributed by atoms with Crippen LogP contribution in [0.15, 0.2) is 24.4 Å². The Kier molecular flexibility index (Phi) is 8.00. The second-order valence-corrected chi connectivity index (χ2v) is 7.69. The van der Waals surface area contributed by atoms with Crippen molar-refractivity contribution < 1.29 is 14.6 Å². The molecule has 154 valence electrons. The average Bonchev–Trinajstić information content (AvgIpc) is 2.76. The molecule has 0 bridgehead atoms. The van der Waals surface area contributed by atoms with E-state index < -0.39 is 0 Å². The molecule has 1 aromatic carbocycles. The Morgan fingerprint density at radius 1 is 1.24 bits per heavy atom. The predicted molar refractivity (Wildman–Crippen MR) is 113 cm³/mol. The molecule has 0 radical (unpaired) electrons. The highest BCUT2D eigenvalue weighted by atomic mass is 35.5. The van der Waals surface area contributed by atoms with Crippen LogP contribution in [0.2, 0.25) is 5.02 Å². The van der Waals surface area contributed by atoms with Gasteiger partial charge in [-0.25, -0.2) is 4.98 Å². The second-order valence-electron chi connectivity index (χ2n) is 6.94. The quantitative estimate of drug-likeness (QED) is 0.451. The average molecular weight is 435 g/mol. The number of ether oxygens (including phenoxy) is 2. The summed E-state index contributed by atoms with van der Waals surface area (Å²) in [5.74, 6) is 1.46. The highest BCUT2D eigenvalue weighted by molar-refractivity contribution is 6.33. The first-order chi connectivity index (χ1) is 14.2. The van der Waals surface area contributed by atoms with Crippen LogP contribution < -0.4 is 9.47 Å². The van der Waals surface area contributed by atoms with Crippen molar-refractivity contribution in [3.63, 3.8) is 0 Å². The highest BCUT2D eigenvalue weighted by Gasteiger charge is 2.27. The van der Waals surface area contributed by atoms with E-state index in [1.54, 1.807) is 0 Å². The van der Waals surface area contributed by atoms with E-state index in [0.717, 1.165) is 48.8 Å². The molecule has 0 saturated heterocycles. The SMILES string of the molecule is N#Cc1cc2c(c(Cl)c1OCCCl)CCCC2c1ccc(OCCCCO)nc1. The lowest BCUT2D eigenvalue weighted by Crippen LogP contribution is -2.14. The third-order valence-electron chi connectivity index (χ3n) is 5.06. The van der Waals surface area contributed by atoms with E-state index >= 15 is 0 Å². The fourth-order valence-corrected chi connectivity index (χ4v) is 4.12. The van der Waals surface area contributed by atoms with Gasteiger partial charge in [-0.15, -0.1) is 11.6 Å². The molecule has 1 aliphatic rings. The van der Waals surface area contributed by atoms with Crippen molar-refractivity contribution in [3.8, 4) is 17.7 Å². The molecule has 0 fully saturated rings. The van der Waals surface area contributed by atoms with Gasteiger partial charge in [-0.1, -0.05) is 17.7 Å². The Hall–Kier alpha value is -2.00. The van der Waals surface area contributed by atoms with Gasteiger partial charge in [0.15, 0.2) is 5.75 Å². The van der Waals surface area contributed by atoms with Gasteiger partial charge in [0.2, 0.25) is 5.88 Å². The number of aromatic nitrogens is 1. The molecule has 1 unspecified atom stereocenters. The number of aliphatic hydroxyl groups is 1. The standard InChI is InChI=1S/C22H24Cl2N2O3/c23-8-11-29-22-16(13-25)12-19-17(4-3-5-18(19)21(22)24)15-6-7-20(26-14-15)28-10-2-1-9-27/h6-7,12,14,17,27H,1-5,8-11H2. The lowest BCUT2D eigenvalue weighted by Gasteiger charge is -2.28. The zero-order valence-corrected chi connectivity index (χ0v) is 17.7. The van der Waals surface area contributed by atoms with Crippen LogP contribution in [0.4, 0.5) is 0 Å². The zero-order valence-electron chi connectivity index (χ0n) is 16.2. The Labute approximate surface area is 181 Å². The van der Waals surface area contributed by atoms with E-state index in [9.17, 15) is 5.26 Å². The van der Waals surface area contributed by atoms with Crippen molar-refractivity contribution in [1.29, 1.82) is 5.26 Å². The lowest BCUT2D eigenvalue weighted by atomic mass is 9.78. The first-order valence-corrected chi connectivity index (χ1v) is 10.7. The van der Waals surface area contributed by atoms with Crippen molar-refractivity contribution in [2.45, 2.75) is 38.0 Å². The Morgan fingerprint density at radius 3 is 2.79 bits per heavy atom. The van der Waals surface area contributed by atoms with E-state index in [1.165, 1.54) is 0 Å². The first kappa shape index (κ1) is 21.7. The van der Waals surface area contributed by atoms with Crippen LogP contribution >= 0.6 is 23.2 Å². The van der Waals surface area contributed by atoms with Crippen LogP contribution in [0.5, 0.6) is 11.6 Å². The van der Waals surface area contributed by atoms with Crippen molar-refractivity contribution in [1.82, 2.24) is 4.98 Å². The van der Waals surface area contributed by atoms with Crippen molar-refractivity contribution in [2.24, 2.45) is 0 Å². The third kappa shape index (κ3) is 5.14. The summed E-state index contributed by atoms with van der Waals surface area (Å²) >= 11 is 12.4. The van der Waals surface area contributed by atoms with E-state index in [4.69, 9.17) is 37.8 Å². The van der Waals surface area contributed by atoms with Gasteiger partial charge in [-0.05, 0) is 54.9 Å². The molecule has 1 aliphatic carbocycles. The maximum atomic E-state index is 9.59. The molecular formula is C22H24Cl2N2O3. The van der Waals surface area contributed by atoms with Gasteiger partial charge in [-0.3, -0.25) is 0 Å². The Morgan fingerprint density at radius 2 is 2.10 bits per heavy atom. The normalized spacial score (nSPS) is 15.4. The molecule has 5 nitrogen and oxygen atoms in total. The minimum atomic E-state index is 0.126. The fraction of sp³-hybridized carbons (Fsp3) is 0.455. The number of aliphatic hydroxyl groups excluding tert-OH is 1. The Balaban J connectivity index is 1.85. The van der Waals surface area contributed by atoms with Crippen LogP contribution in [0.25, 0.3) is 0 Å². The number of hydrogen-bond donors (Lipinski definition) is 1. The molecule has 29 heavy (non-hydrogen) atoms. The summed E-state index contributed by atoms with van der Waals surface area (Å²) < 4.78 is 11.3. The molecule has 0 amide bonds. The summed E-state index contributed by atoms with van der Waals surface area (Å²) in [5, 5.41) is 18.9. The number of pyridine rings is 1. The summed E-state index contributed by atoms with van der Waals surface area (Å²) in [4.78, 5) is 4.43. The molecule has 1 aromatic heterocycles. The van der Waals surface area contributed by atoms with Crippen molar-refractivity contribution >= 4 is 23.2 Å². The summed E-state index contributed by atoms with van der Waals surface area (Å²) in [6.45, 7) is 1.01. The minimum Gasteiger partial charge on any atom is -0.489 e. The number of alkyl halides is 1. The van der Waals surface area contributed by atoms with E-state index in [2.05, 4.69) is 11.1 Å². The predicted octanol–water partition coefficient (Wildman–Crippen LogP) is 4.84. The maximum absolute atomic E-state index is 9.59. The number of halogens is 2. The van der Waals surface area contributed by atoms with Crippen molar-refractivity contribution in [3.05, 3.63) is 51.7 Å². The molecule has 2 aromatic rings. The largest absolute Gasteiger partial charge is 0.489 e. The number of fused-ring (bicyclic) bond motifs is 1. The van der Waals surface area contributed by atoms with Gasteiger partial charge in [0.1, 0.15) is 12.7 Å². The third-order valence-corrected chi connectivity index (χ3v) is 5.61. The van der Waals surface area contributed by atoms with Crippen LogP contribution in [0.3, 0.4) is 0 Å². The zero-order chi connectivity index (χ0) is 20.6. The van der Waals surface area contributed by atoms with Gasteiger partial charge in [-0.2, -0.15) is 5.26 Å². The number of unbranched alkanes of at least 4 members (excludes halogenated alkanes) is 1. The number of benzene rings is 1. The second kappa shape index (κ2) is 10.7. The van der Waals surface area contributed by atoms with E-state index in [-0.39, 0.29) is 12.5 Å². The highest BCUT2D eigenvalue weighted by Crippen LogP contribution is 2.44. The molecular weight excluding hydrogens is 411 g/mol.